The van der Waals surface area contributed by atoms with Crippen LogP contribution in [0.5, 0.6) is 0 Å². The van der Waals surface area contributed by atoms with Gasteiger partial charge in [-0.15, -0.1) is 11.3 Å². The van der Waals surface area contributed by atoms with Gasteiger partial charge in [-0.25, -0.2) is 4.98 Å². The van der Waals surface area contributed by atoms with Crippen LogP contribution in [0.25, 0.3) is 0 Å². The largest absolute Gasteiger partial charge is 0.434 e. The van der Waals surface area contributed by atoms with E-state index in [1.165, 1.54) is 0 Å². The minimum Gasteiger partial charge on any atom is -0.357 e. The SMILES string of the molecule is CCCN(CC)CCN=C(NCC)NCCc1nc(C(F)(F)F)cs1. The second-order valence-electron chi connectivity index (χ2n) is 5.50. The molecule has 0 aromatic carbocycles. The molecule has 0 amide bonds. The Morgan fingerprint density at radius 2 is 2.00 bits per heavy atom. The lowest BCUT2D eigenvalue weighted by atomic mass is 10.4. The summed E-state index contributed by atoms with van der Waals surface area (Å²) in [6.45, 7) is 11.1. The third kappa shape index (κ3) is 8.53. The minimum absolute atomic E-state index is 0.433. The highest BCUT2D eigenvalue weighted by Gasteiger charge is 2.33. The van der Waals surface area contributed by atoms with Crippen molar-refractivity contribution in [2.75, 3.05) is 39.3 Å². The number of thiazole rings is 1. The van der Waals surface area contributed by atoms with Crippen molar-refractivity contribution in [3.8, 4) is 0 Å². The maximum Gasteiger partial charge on any atom is 0.434 e. The third-order valence-corrected chi connectivity index (χ3v) is 4.40. The summed E-state index contributed by atoms with van der Waals surface area (Å²) < 4.78 is 37.6. The van der Waals surface area contributed by atoms with E-state index in [-0.39, 0.29) is 0 Å². The zero-order valence-electron chi connectivity index (χ0n) is 15.1. The van der Waals surface area contributed by atoms with Crippen LogP contribution in [-0.4, -0.2) is 55.1 Å². The number of hydrogen-bond donors (Lipinski definition) is 2. The summed E-state index contributed by atoms with van der Waals surface area (Å²) in [4.78, 5) is 10.5. The normalized spacial score (nSPS) is 12.7. The number of halogens is 3. The van der Waals surface area contributed by atoms with E-state index in [9.17, 15) is 13.2 Å². The maximum atomic E-state index is 12.5. The molecular weight excluding hydrogens is 351 g/mol. The highest BCUT2D eigenvalue weighted by molar-refractivity contribution is 7.09. The highest BCUT2D eigenvalue weighted by atomic mass is 32.1. The maximum absolute atomic E-state index is 12.5. The van der Waals surface area contributed by atoms with Crippen LogP contribution in [0.1, 0.15) is 37.9 Å². The lowest BCUT2D eigenvalue weighted by molar-refractivity contribution is -0.140. The topological polar surface area (TPSA) is 52.5 Å². The summed E-state index contributed by atoms with van der Waals surface area (Å²) in [5.41, 5.74) is -0.816. The first-order valence-electron chi connectivity index (χ1n) is 8.66. The monoisotopic (exact) mass is 379 g/mol. The number of hydrogen-bond acceptors (Lipinski definition) is 4. The summed E-state index contributed by atoms with van der Waals surface area (Å²) in [6.07, 6.45) is -2.83. The molecule has 2 N–H and O–H groups in total. The molecule has 0 unspecified atom stereocenters. The van der Waals surface area contributed by atoms with Gasteiger partial charge in [0.05, 0.1) is 11.6 Å². The van der Waals surface area contributed by atoms with Crippen molar-refractivity contribution in [3.63, 3.8) is 0 Å². The minimum atomic E-state index is -4.37. The summed E-state index contributed by atoms with van der Waals surface area (Å²) in [5, 5.41) is 7.82. The fourth-order valence-corrected chi connectivity index (χ4v) is 3.04. The Morgan fingerprint density at radius 3 is 2.56 bits per heavy atom. The van der Waals surface area contributed by atoms with E-state index in [1.54, 1.807) is 0 Å². The molecule has 0 spiro atoms. The van der Waals surface area contributed by atoms with Crippen LogP contribution in [0.15, 0.2) is 10.4 Å². The first-order valence-corrected chi connectivity index (χ1v) is 9.54. The van der Waals surface area contributed by atoms with E-state index in [0.29, 0.717) is 30.5 Å². The smallest absolute Gasteiger partial charge is 0.357 e. The first-order chi connectivity index (χ1) is 11.9. The zero-order chi connectivity index (χ0) is 18.7. The molecule has 1 aromatic heterocycles. The van der Waals surface area contributed by atoms with Gasteiger partial charge in [0, 0.05) is 31.4 Å². The highest BCUT2D eigenvalue weighted by Crippen LogP contribution is 2.29. The Labute approximate surface area is 151 Å². The first kappa shape index (κ1) is 21.7. The van der Waals surface area contributed by atoms with Crippen LogP contribution in [0, 0.1) is 0 Å². The Morgan fingerprint density at radius 1 is 1.24 bits per heavy atom. The van der Waals surface area contributed by atoms with Crippen LogP contribution in [0.2, 0.25) is 0 Å². The molecule has 5 nitrogen and oxygen atoms in total. The average Bonchev–Trinajstić information content (AvgIpc) is 3.03. The quantitative estimate of drug-likeness (QED) is 0.485. The lowest BCUT2D eigenvalue weighted by Gasteiger charge is -2.18. The predicted molar refractivity (Wildman–Crippen MR) is 97.2 cm³/mol. The predicted octanol–water partition coefficient (Wildman–Crippen LogP) is 2.99. The second kappa shape index (κ2) is 11.3. The number of aromatic nitrogens is 1. The number of nitrogens with zero attached hydrogens (tertiary/aromatic N) is 3. The number of alkyl halides is 3. The van der Waals surface area contributed by atoms with Crippen LogP contribution in [-0.2, 0) is 12.6 Å². The Balaban J connectivity index is 2.44. The molecule has 0 aliphatic rings. The van der Waals surface area contributed by atoms with Crippen molar-refractivity contribution in [1.82, 2.24) is 20.5 Å². The van der Waals surface area contributed by atoms with E-state index in [0.717, 1.165) is 49.3 Å². The second-order valence-corrected chi connectivity index (χ2v) is 6.44. The van der Waals surface area contributed by atoms with Gasteiger partial charge in [-0.3, -0.25) is 4.99 Å². The third-order valence-electron chi connectivity index (χ3n) is 3.49. The summed E-state index contributed by atoms with van der Waals surface area (Å²) in [6, 6.07) is 0. The van der Waals surface area contributed by atoms with E-state index in [2.05, 4.69) is 39.4 Å². The number of rotatable bonds is 10. The van der Waals surface area contributed by atoms with Crippen molar-refractivity contribution in [2.45, 2.75) is 39.8 Å². The molecule has 0 saturated carbocycles. The summed E-state index contributed by atoms with van der Waals surface area (Å²) in [5.74, 6) is 0.683. The van der Waals surface area contributed by atoms with E-state index in [4.69, 9.17) is 0 Å². The van der Waals surface area contributed by atoms with Crippen molar-refractivity contribution in [1.29, 1.82) is 0 Å². The summed E-state index contributed by atoms with van der Waals surface area (Å²) in [7, 11) is 0. The van der Waals surface area contributed by atoms with E-state index in [1.807, 2.05) is 6.92 Å². The van der Waals surface area contributed by atoms with Gasteiger partial charge in [0.1, 0.15) is 0 Å². The van der Waals surface area contributed by atoms with Crippen LogP contribution in [0.3, 0.4) is 0 Å². The molecule has 0 atom stereocenters. The molecule has 0 aliphatic carbocycles. The van der Waals surface area contributed by atoms with E-state index >= 15 is 0 Å². The van der Waals surface area contributed by atoms with Crippen molar-refractivity contribution >= 4 is 17.3 Å². The molecule has 0 bridgehead atoms. The number of likely N-dealkylation sites (N-methyl/N-ethyl adjacent to an activating group) is 1. The molecule has 144 valence electrons. The molecule has 1 aromatic rings. The Bertz CT molecular complexity index is 516. The number of nitrogens with one attached hydrogen (secondary N) is 2. The molecule has 9 heteroatoms. The van der Waals surface area contributed by atoms with Crippen LogP contribution < -0.4 is 10.6 Å². The lowest BCUT2D eigenvalue weighted by Crippen LogP contribution is -2.39. The molecule has 0 saturated heterocycles. The van der Waals surface area contributed by atoms with Crippen LogP contribution in [0.4, 0.5) is 13.2 Å². The molecule has 25 heavy (non-hydrogen) atoms. The fraction of sp³-hybridized carbons (Fsp3) is 0.750. The Kier molecular flexibility index (Phi) is 9.81. The van der Waals surface area contributed by atoms with Gasteiger partial charge in [-0.05, 0) is 26.4 Å². The zero-order valence-corrected chi connectivity index (χ0v) is 15.9. The Hall–Kier alpha value is -1.35. The molecule has 1 heterocycles. The number of guanidine groups is 1. The molecule has 0 fully saturated rings. The van der Waals surface area contributed by atoms with Gasteiger partial charge in [0.25, 0.3) is 0 Å². The van der Waals surface area contributed by atoms with Crippen LogP contribution >= 0.6 is 11.3 Å². The summed E-state index contributed by atoms with van der Waals surface area (Å²) >= 11 is 1.03. The van der Waals surface area contributed by atoms with Crippen molar-refractivity contribution in [3.05, 3.63) is 16.1 Å². The fourth-order valence-electron chi connectivity index (χ4n) is 2.23. The number of aliphatic imine (C=N–C) groups is 1. The molecule has 1 rings (SSSR count). The van der Waals surface area contributed by atoms with Gasteiger partial charge in [0.2, 0.25) is 0 Å². The molecule has 0 radical (unpaired) electrons. The molecular formula is C16H28F3N5S. The van der Waals surface area contributed by atoms with Gasteiger partial charge in [-0.1, -0.05) is 13.8 Å². The van der Waals surface area contributed by atoms with Crippen molar-refractivity contribution in [2.24, 2.45) is 4.99 Å². The molecule has 0 aliphatic heterocycles. The van der Waals surface area contributed by atoms with Gasteiger partial charge in [-0.2, -0.15) is 13.2 Å². The standard InChI is InChI=1S/C16H28F3N5S/c1-4-10-24(6-3)11-9-22-15(20-5-2)21-8-7-14-23-13(12-25-14)16(17,18)19/h12H,4-11H2,1-3H3,(H2,20,21,22). The van der Waals surface area contributed by atoms with Gasteiger partial charge >= 0.3 is 6.18 Å². The average molecular weight is 379 g/mol. The van der Waals surface area contributed by atoms with Gasteiger partial charge in [0.15, 0.2) is 11.7 Å². The van der Waals surface area contributed by atoms with E-state index < -0.39 is 11.9 Å². The van der Waals surface area contributed by atoms with Gasteiger partial charge < -0.3 is 15.5 Å². The van der Waals surface area contributed by atoms with Crippen molar-refractivity contribution < 1.29 is 13.2 Å².